The molecule has 19 heavy (non-hydrogen) atoms. The van der Waals surface area contributed by atoms with Gasteiger partial charge in [-0.2, -0.15) is 0 Å². The minimum atomic E-state index is -0.132. The van der Waals surface area contributed by atoms with E-state index in [0.29, 0.717) is 6.04 Å². The van der Waals surface area contributed by atoms with Gasteiger partial charge in [0.1, 0.15) is 5.82 Å². The van der Waals surface area contributed by atoms with Gasteiger partial charge in [-0.05, 0) is 49.9 Å². The molecule has 1 nitrogen and oxygen atoms in total. The molecule has 1 N–H and O–H groups in total. The molecule has 1 aromatic rings. The van der Waals surface area contributed by atoms with Crippen molar-refractivity contribution < 1.29 is 4.39 Å². The van der Waals surface area contributed by atoms with Gasteiger partial charge in [0.2, 0.25) is 0 Å². The molecule has 0 bridgehead atoms. The molecule has 2 heteroatoms. The summed E-state index contributed by atoms with van der Waals surface area (Å²) in [6.07, 6.45) is 9.31. The van der Waals surface area contributed by atoms with Gasteiger partial charge in [-0.1, -0.05) is 44.2 Å². The molecule has 0 heterocycles. The zero-order chi connectivity index (χ0) is 13.5. The highest BCUT2D eigenvalue weighted by Crippen LogP contribution is 2.25. The normalized spacial score (nSPS) is 18.4. The van der Waals surface area contributed by atoms with Crippen LogP contribution in [-0.2, 0) is 6.42 Å². The molecule has 1 saturated carbocycles. The van der Waals surface area contributed by atoms with Crippen LogP contribution in [0.25, 0.3) is 0 Å². The maximum atomic E-state index is 13.1. The van der Waals surface area contributed by atoms with Crippen molar-refractivity contribution in [3.05, 3.63) is 35.6 Å². The number of hydrogen-bond acceptors (Lipinski definition) is 1. The van der Waals surface area contributed by atoms with Gasteiger partial charge in [0.15, 0.2) is 0 Å². The van der Waals surface area contributed by atoms with E-state index >= 15 is 0 Å². The lowest BCUT2D eigenvalue weighted by molar-refractivity contribution is 0.329. The summed E-state index contributed by atoms with van der Waals surface area (Å²) < 4.78 is 13.1. The maximum absolute atomic E-state index is 13.1. The van der Waals surface area contributed by atoms with Gasteiger partial charge < -0.3 is 5.32 Å². The molecule has 1 atom stereocenters. The first-order valence-electron chi connectivity index (χ1n) is 7.72. The Morgan fingerprint density at radius 3 is 2.79 bits per heavy atom. The summed E-state index contributed by atoms with van der Waals surface area (Å²) >= 11 is 0. The summed E-state index contributed by atoms with van der Waals surface area (Å²) in [5, 5.41) is 3.58. The Bertz CT molecular complexity index is 371. The van der Waals surface area contributed by atoms with Crippen LogP contribution in [0.1, 0.15) is 51.0 Å². The Balaban J connectivity index is 1.65. The zero-order valence-electron chi connectivity index (χ0n) is 12.0. The second-order valence-electron chi connectivity index (χ2n) is 5.98. The Morgan fingerprint density at radius 2 is 2.05 bits per heavy atom. The Hall–Kier alpha value is -0.890. The van der Waals surface area contributed by atoms with Crippen LogP contribution >= 0.6 is 0 Å². The molecule has 1 aliphatic rings. The topological polar surface area (TPSA) is 12.0 Å². The molecule has 0 aromatic heterocycles. The van der Waals surface area contributed by atoms with Crippen LogP contribution in [0.3, 0.4) is 0 Å². The number of nitrogens with one attached hydrogen (secondary N) is 1. The monoisotopic (exact) mass is 263 g/mol. The molecule has 0 radical (unpaired) electrons. The van der Waals surface area contributed by atoms with Crippen molar-refractivity contribution in [3.63, 3.8) is 0 Å². The standard InChI is InChI=1S/C17H26FN/c1-14(12-16-8-5-9-17(18)13-16)19-11-10-15-6-3-2-4-7-15/h5,8-9,13-15,19H,2-4,6-7,10-12H2,1H3. The molecule has 1 aliphatic carbocycles. The van der Waals surface area contributed by atoms with Gasteiger partial charge in [-0.3, -0.25) is 0 Å². The van der Waals surface area contributed by atoms with E-state index in [1.54, 1.807) is 12.1 Å². The van der Waals surface area contributed by atoms with Gasteiger partial charge in [0, 0.05) is 6.04 Å². The first-order valence-corrected chi connectivity index (χ1v) is 7.72. The largest absolute Gasteiger partial charge is 0.314 e. The predicted molar refractivity (Wildman–Crippen MR) is 78.8 cm³/mol. The van der Waals surface area contributed by atoms with Crippen molar-refractivity contribution in [2.24, 2.45) is 5.92 Å². The minimum absolute atomic E-state index is 0.132. The first kappa shape index (κ1) is 14.5. The van der Waals surface area contributed by atoms with Gasteiger partial charge >= 0.3 is 0 Å². The average molecular weight is 263 g/mol. The van der Waals surface area contributed by atoms with Gasteiger partial charge in [0.05, 0.1) is 0 Å². The lowest BCUT2D eigenvalue weighted by Gasteiger charge is -2.22. The van der Waals surface area contributed by atoms with Gasteiger partial charge in [0.25, 0.3) is 0 Å². The lowest BCUT2D eigenvalue weighted by atomic mass is 9.87. The van der Waals surface area contributed by atoms with Crippen molar-refractivity contribution in [2.75, 3.05) is 6.54 Å². The molecule has 0 spiro atoms. The summed E-state index contributed by atoms with van der Waals surface area (Å²) in [6, 6.07) is 7.36. The molecule has 0 aliphatic heterocycles. The highest BCUT2D eigenvalue weighted by atomic mass is 19.1. The van der Waals surface area contributed by atoms with E-state index in [1.807, 2.05) is 6.07 Å². The predicted octanol–water partition coefficient (Wildman–Crippen LogP) is 4.32. The Morgan fingerprint density at radius 1 is 1.26 bits per heavy atom. The Kier molecular flexibility index (Phi) is 5.84. The molecule has 1 unspecified atom stereocenters. The second-order valence-corrected chi connectivity index (χ2v) is 5.98. The molecule has 1 aromatic carbocycles. The van der Waals surface area contributed by atoms with Crippen LogP contribution in [-0.4, -0.2) is 12.6 Å². The van der Waals surface area contributed by atoms with Crippen LogP contribution in [0.4, 0.5) is 4.39 Å². The van der Waals surface area contributed by atoms with Crippen molar-refractivity contribution in [1.82, 2.24) is 5.32 Å². The fourth-order valence-electron chi connectivity index (χ4n) is 3.10. The third-order valence-corrected chi connectivity index (χ3v) is 4.20. The van der Waals surface area contributed by atoms with Crippen LogP contribution < -0.4 is 5.32 Å². The van der Waals surface area contributed by atoms with E-state index in [1.165, 1.54) is 44.6 Å². The highest BCUT2D eigenvalue weighted by Gasteiger charge is 2.13. The smallest absolute Gasteiger partial charge is 0.123 e. The van der Waals surface area contributed by atoms with Crippen LogP contribution in [0, 0.1) is 11.7 Å². The van der Waals surface area contributed by atoms with Crippen molar-refractivity contribution in [3.8, 4) is 0 Å². The summed E-state index contributed by atoms with van der Waals surface area (Å²) in [5.74, 6) is 0.800. The van der Waals surface area contributed by atoms with Crippen LogP contribution in [0.2, 0.25) is 0 Å². The lowest BCUT2D eigenvalue weighted by Crippen LogP contribution is -2.30. The average Bonchev–Trinajstić information content (AvgIpc) is 2.40. The van der Waals surface area contributed by atoms with Gasteiger partial charge in [-0.25, -0.2) is 4.39 Å². The first-order chi connectivity index (χ1) is 9.24. The van der Waals surface area contributed by atoms with E-state index in [2.05, 4.69) is 12.2 Å². The number of halogens is 1. The maximum Gasteiger partial charge on any atom is 0.123 e. The third-order valence-electron chi connectivity index (χ3n) is 4.20. The van der Waals surface area contributed by atoms with E-state index in [0.717, 1.165) is 24.4 Å². The van der Waals surface area contributed by atoms with E-state index < -0.39 is 0 Å². The third kappa shape index (κ3) is 5.32. The molecule has 0 amide bonds. The molecule has 2 rings (SSSR count). The van der Waals surface area contributed by atoms with Crippen molar-refractivity contribution in [1.29, 1.82) is 0 Å². The quantitative estimate of drug-likeness (QED) is 0.806. The molecule has 1 fully saturated rings. The van der Waals surface area contributed by atoms with E-state index in [9.17, 15) is 4.39 Å². The Labute approximate surface area is 116 Å². The zero-order valence-corrected chi connectivity index (χ0v) is 12.0. The van der Waals surface area contributed by atoms with Crippen molar-refractivity contribution >= 4 is 0 Å². The SMILES string of the molecule is CC(Cc1cccc(F)c1)NCCC1CCCCC1. The summed E-state index contributed by atoms with van der Waals surface area (Å²) in [4.78, 5) is 0. The molecular formula is C17H26FN. The van der Waals surface area contributed by atoms with Crippen LogP contribution in [0.15, 0.2) is 24.3 Å². The fourth-order valence-corrected chi connectivity index (χ4v) is 3.10. The highest BCUT2D eigenvalue weighted by molar-refractivity contribution is 5.17. The molecule has 0 saturated heterocycles. The number of benzene rings is 1. The number of hydrogen-bond donors (Lipinski definition) is 1. The minimum Gasteiger partial charge on any atom is -0.314 e. The summed E-state index contributed by atoms with van der Waals surface area (Å²) in [5.41, 5.74) is 1.08. The van der Waals surface area contributed by atoms with Gasteiger partial charge in [-0.15, -0.1) is 0 Å². The summed E-state index contributed by atoms with van der Waals surface area (Å²) in [6.45, 7) is 3.28. The fraction of sp³-hybridized carbons (Fsp3) is 0.647. The molecular weight excluding hydrogens is 237 g/mol. The number of rotatable bonds is 6. The summed E-state index contributed by atoms with van der Waals surface area (Å²) in [7, 11) is 0. The molecule has 106 valence electrons. The second kappa shape index (κ2) is 7.64. The van der Waals surface area contributed by atoms with E-state index in [-0.39, 0.29) is 5.82 Å². The van der Waals surface area contributed by atoms with E-state index in [4.69, 9.17) is 0 Å². The van der Waals surface area contributed by atoms with Crippen molar-refractivity contribution in [2.45, 2.75) is 57.9 Å². The van der Waals surface area contributed by atoms with Crippen LogP contribution in [0.5, 0.6) is 0 Å².